The molecule has 2 heterocycles. The summed E-state index contributed by atoms with van der Waals surface area (Å²) >= 11 is 3.52. The molecule has 0 bridgehead atoms. The van der Waals surface area contributed by atoms with Gasteiger partial charge in [0.05, 0.1) is 0 Å². The molecule has 0 aliphatic heterocycles. The molecular formula is C14H12BrN5O. The first-order valence-corrected chi connectivity index (χ1v) is 7.11. The minimum absolute atomic E-state index is 0.405. The average molecular weight is 346 g/mol. The highest BCUT2D eigenvalue weighted by molar-refractivity contribution is 9.10. The Morgan fingerprint density at radius 1 is 1.29 bits per heavy atom. The molecule has 0 unspecified atom stereocenters. The molecule has 3 aromatic rings. The zero-order valence-electron chi connectivity index (χ0n) is 11.2. The molecular weight excluding hydrogens is 334 g/mol. The van der Waals surface area contributed by atoms with Crippen molar-refractivity contribution >= 4 is 21.7 Å². The van der Waals surface area contributed by atoms with Crippen molar-refractivity contribution in [2.45, 2.75) is 13.5 Å². The van der Waals surface area contributed by atoms with Gasteiger partial charge in [-0.15, -0.1) is 0 Å². The molecule has 0 fully saturated rings. The SMILES string of the molecule is Cc1noc(-c2cncnc2NCc2ccccc2Br)n1. The zero-order valence-corrected chi connectivity index (χ0v) is 12.8. The lowest BCUT2D eigenvalue weighted by Gasteiger charge is -2.09. The van der Waals surface area contributed by atoms with Crippen LogP contribution in [0.3, 0.4) is 0 Å². The van der Waals surface area contributed by atoms with E-state index < -0.39 is 0 Å². The first-order chi connectivity index (χ1) is 10.2. The summed E-state index contributed by atoms with van der Waals surface area (Å²) in [5.74, 6) is 1.64. The van der Waals surface area contributed by atoms with Crippen LogP contribution in [0.25, 0.3) is 11.5 Å². The van der Waals surface area contributed by atoms with Crippen molar-refractivity contribution in [3.05, 3.63) is 52.7 Å². The van der Waals surface area contributed by atoms with Gasteiger partial charge in [0.1, 0.15) is 17.7 Å². The number of halogens is 1. The number of aromatic nitrogens is 4. The molecule has 106 valence electrons. The van der Waals surface area contributed by atoms with Crippen LogP contribution in [0.1, 0.15) is 11.4 Å². The Morgan fingerprint density at radius 3 is 2.90 bits per heavy atom. The van der Waals surface area contributed by atoms with Crippen LogP contribution in [0.4, 0.5) is 5.82 Å². The molecule has 6 nitrogen and oxygen atoms in total. The molecule has 0 saturated carbocycles. The summed E-state index contributed by atoms with van der Waals surface area (Å²) in [7, 11) is 0. The van der Waals surface area contributed by atoms with Crippen LogP contribution in [0, 0.1) is 6.92 Å². The topological polar surface area (TPSA) is 76.7 Å². The molecule has 0 aliphatic rings. The monoisotopic (exact) mass is 345 g/mol. The van der Waals surface area contributed by atoms with E-state index in [-0.39, 0.29) is 0 Å². The number of benzene rings is 1. The van der Waals surface area contributed by atoms with Crippen molar-refractivity contribution in [2.24, 2.45) is 0 Å². The van der Waals surface area contributed by atoms with Gasteiger partial charge in [0, 0.05) is 17.2 Å². The summed E-state index contributed by atoms with van der Waals surface area (Å²) < 4.78 is 6.22. The van der Waals surface area contributed by atoms with Gasteiger partial charge in [-0.1, -0.05) is 39.3 Å². The highest BCUT2D eigenvalue weighted by atomic mass is 79.9. The molecule has 0 spiro atoms. The standard InChI is InChI=1S/C14H12BrN5O/c1-9-19-14(21-20-9)11-7-16-8-18-13(11)17-6-10-4-2-3-5-12(10)15/h2-5,7-8H,6H2,1H3,(H,16,17,18). The Hall–Kier alpha value is -2.28. The third kappa shape index (κ3) is 3.08. The van der Waals surface area contributed by atoms with E-state index in [2.05, 4.69) is 41.4 Å². The summed E-state index contributed by atoms with van der Waals surface area (Å²) in [4.78, 5) is 12.5. The zero-order chi connectivity index (χ0) is 14.7. The lowest BCUT2D eigenvalue weighted by atomic mass is 10.2. The van der Waals surface area contributed by atoms with Crippen LogP contribution >= 0.6 is 15.9 Å². The van der Waals surface area contributed by atoms with Crippen LogP contribution in [-0.2, 0) is 6.54 Å². The number of nitrogens with zero attached hydrogens (tertiary/aromatic N) is 4. The predicted octanol–water partition coefficient (Wildman–Crippen LogP) is 3.21. The second-order valence-electron chi connectivity index (χ2n) is 4.38. The molecule has 21 heavy (non-hydrogen) atoms. The van der Waals surface area contributed by atoms with Gasteiger partial charge in [-0.25, -0.2) is 9.97 Å². The number of nitrogens with one attached hydrogen (secondary N) is 1. The van der Waals surface area contributed by atoms with Crippen LogP contribution in [0.2, 0.25) is 0 Å². The van der Waals surface area contributed by atoms with Gasteiger partial charge in [-0.2, -0.15) is 4.98 Å². The normalized spacial score (nSPS) is 10.6. The van der Waals surface area contributed by atoms with Crippen molar-refractivity contribution in [1.29, 1.82) is 0 Å². The van der Waals surface area contributed by atoms with Gasteiger partial charge in [0.2, 0.25) is 0 Å². The van der Waals surface area contributed by atoms with Crippen LogP contribution < -0.4 is 5.32 Å². The fraction of sp³-hybridized carbons (Fsp3) is 0.143. The summed E-state index contributed by atoms with van der Waals surface area (Å²) in [6.07, 6.45) is 3.14. The number of rotatable bonds is 4. The van der Waals surface area contributed by atoms with Crippen LogP contribution in [-0.4, -0.2) is 20.1 Å². The fourth-order valence-electron chi connectivity index (χ4n) is 1.85. The predicted molar refractivity (Wildman–Crippen MR) is 81.5 cm³/mol. The van der Waals surface area contributed by atoms with Gasteiger partial charge >= 0.3 is 0 Å². The van der Waals surface area contributed by atoms with E-state index in [1.54, 1.807) is 13.1 Å². The van der Waals surface area contributed by atoms with Crippen molar-refractivity contribution in [3.8, 4) is 11.5 Å². The number of hydrogen-bond acceptors (Lipinski definition) is 6. The molecule has 0 saturated heterocycles. The maximum absolute atomic E-state index is 5.18. The summed E-state index contributed by atoms with van der Waals surface area (Å²) in [6, 6.07) is 8.00. The van der Waals surface area contributed by atoms with E-state index in [0.717, 1.165) is 10.0 Å². The Bertz CT molecular complexity index is 758. The lowest BCUT2D eigenvalue weighted by Crippen LogP contribution is -2.04. The van der Waals surface area contributed by atoms with Gasteiger partial charge in [-0.05, 0) is 18.6 Å². The quantitative estimate of drug-likeness (QED) is 0.782. The Kier molecular flexibility index (Phi) is 3.92. The highest BCUT2D eigenvalue weighted by Crippen LogP contribution is 2.24. The first kappa shape index (κ1) is 13.7. The summed E-state index contributed by atoms with van der Waals surface area (Å²) in [5.41, 5.74) is 1.81. The second kappa shape index (κ2) is 6.01. The van der Waals surface area contributed by atoms with E-state index in [0.29, 0.717) is 29.6 Å². The lowest BCUT2D eigenvalue weighted by molar-refractivity contribution is 0.425. The molecule has 3 rings (SSSR count). The number of anilines is 1. The molecule has 1 aromatic carbocycles. The van der Waals surface area contributed by atoms with Gasteiger partial charge in [-0.3, -0.25) is 0 Å². The van der Waals surface area contributed by atoms with Gasteiger partial charge < -0.3 is 9.84 Å². The Balaban J connectivity index is 1.85. The molecule has 7 heteroatoms. The molecule has 1 N–H and O–H groups in total. The smallest absolute Gasteiger partial charge is 0.263 e. The highest BCUT2D eigenvalue weighted by Gasteiger charge is 2.13. The van der Waals surface area contributed by atoms with Crippen molar-refractivity contribution in [3.63, 3.8) is 0 Å². The summed E-state index contributed by atoms with van der Waals surface area (Å²) in [6.45, 7) is 2.39. The molecule has 2 aromatic heterocycles. The van der Waals surface area contributed by atoms with Gasteiger partial charge in [0.15, 0.2) is 5.82 Å². The van der Waals surface area contributed by atoms with E-state index in [1.165, 1.54) is 6.33 Å². The van der Waals surface area contributed by atoms with E-state index in [1.807, 2.05) is 24.3 Å². The second-order valence-corrected chi connectivity index (χ2v) is 5.23. The molecule has 0 radical (unpaired) electrons. The molecule has 0 aliphatic carbocycles. The molecule has 0 amide bonds. The largest absolute Gasteiger partial charge is 0.365 e. The van der Waals surface area contributed by atoms with Crippen molar-refractivity contribution in [1.82, 2.24) is 20.1 Å². The first-order valence-electron chi connectivity index (χ1n) is 6.32. The van der Waals surface area contributed by atoms with E-state index in [9.17, 15) is 0 Å². The van der Waals surface area contributed by atoms with E-state index >= 15 is 0 Å². The maximum Gasteiger partial charge on any atom is 0.263 e. The van der Waals surface area contributed by atoms with Gasteiger partial charge in [0.25, 0.3) is 5.89 Å². The number of aryl methyl sites for hydroxylation is 1. The van der Waals surface area contributed by atoms with Crippen LogP contribution in [0.15, 0.2) is 45.8 Å². The van der Waals surface area contributed by atoms with E-state index in [4.69, 9.17) is 4.52 Å². The van der Waals surface area contributed by atoms with Crippen LogP contribution in [0.5, 0.6) is 0 Å². The minimum atomic E-state index is 0.405. The third-order valence-electron chi connectivity index (χ3n) is 2.87. The summed E-state index contributed by atoms with van der Waals surface area (Å²) in [5, 5.41) is 7.06. The fourth-order valence-corrected chi connectivity index (χ4v) is 2.28. The Morgan fingerprint density at radius 2 is 2.14 bits per heavy atom. The maximum atomic E-state index is 5.18. The van der Waals surface area contributed by atoms with Crippen molar-refractivity contribution in [2.75, 3.05) is 5.32 Å². The molecule has 0 atom stereocenters. The van der Waals surface area contributed by atoms with Crippen molar-refractivity contribution < 1.29 is 4.52 Å². The third-order valence-corrected chi connectivity index (χ3v) is 3.65. The minimum Gasteiger partial charge on any atom is -0.365 e. The average Bonchev–Trinajstić information content (AvgIpc) is 2.93. The number of hydrogen-bond donors (Lipinski definition) is 1. The Labute approximate surface area is 129 Å².